The molecule has 0 radical (unpaired) electrons. The van der Waals surface area contributed by atoms with E-state index in [1.807, 2.05) is 30.3 Å². The number of sulfone groups is 1. The Morgan fingerprint density at radius 1 is 1.05 bits per heavy atom. The molecule has 0 amide bonds. The van der Waals surface area contributed by atoms with Crippen LogP contribution in [-0.4, -0.2) is 25.8 Å². The summed E-state index contributed by atoms with van der Waals surface area (Å²) in [7, 11) is -3.56. The zero-order valence-electron chi connectivity index (χ0n) is 11.8. The van der Waals surface area contributed by atoms with E-state index in [4.69, 9.17) is 23.1 Å². The molecule has 0 saturated heterocycles. The van der Waals surface area contributed by atoms with Crippen molar-refractivity contribution >= 4 is 21.4 Å². The van der Waals surface area contributed by atoms with Gasteiger partial charge in [-0.3, -0.25) is 0 Å². The van der Waals surface area contributed by atoms with Crippen molar-refractivity contribution in [3.8, 4) is 0 Å². The first-order valence-corrected chi connectivity index (χ1v) is 8.87. The second kappa shape index (κ2) is 5.35. The second-order valence-corrected chi connectivity index (χ2v) is 8.13. The Hall–Kier alpha value is -1.40. The fourth-order valence-electron chi connectivity index (χ4n) is 3.05. The smallest absolute Gasteiger partial charge is 0.183 e. The number of benzene rings is 2. The van der Waals surface area contributed by atoms with Crippen LogP contribution in [-0.2, 0) is 9.84 Å². The molecule has 0 aromatic heterocycles. The summed E-state index contributed by atoms with van der Waals surface area (Å²) < 4.78 is 25.8. The zero-order valence-corrected chi connectivity index (χ0v) is 13.4. The predicted octanol–water partition coefficient (Wildman–Crippen LogP) is 1.94. The van der Waals surface area contributed by atoms with Crippen LogP contribution in [0.4, 0.5) is 0 Å². The van der Waals surface area contributed by atoms with E-state index >= 15 is 0 Å². The van der Waals surface area contributed by atoms with Crippen molar-refractivity contribution in [1.82, 2.24) is 0 Å². The summed E-state index contributed by atoms with van der Waals surface area (Å²) in [5.41, 5.74) is 12.0. The highest BCUT2D eigenvalue weighted by molar-refractivity contribution is 7.92. The van der Waals surface area contributed by atoms with Gasteiger partial charge < -0.3 is 11.5 Å². The Kier molecular flexibility index (Phi) is 3.77. The van der Waals surface area contributed by atoms with Crippen molar-refractivity contribution < 1.29 is 8.42 Å². The number of halogens is 1. The molecule has 0 heterocycles. The lowest BCUT2D eigenvalue weighted by molar-refractivity contribution is 0.586. The van der Waals surface area contributed by atoms with Gasteiger partial charge in [0, 0.05) is 17.5 Å². The van der Waals surface area contributed by atoms with Crippen LogP contribution in [0.3, 0.4) is 0 Å². The van der Waals surface area contributed by atoms with E-state index in [0.717, 1.165) is 5.56 Å². The molecule has 1 fully saturated rings. The molecule has 6 heteroatoms. The first-order valence-electron chi connectivity index (χ1n) is 6.94. The third kappa shape index (κ3) is 2.34. The Morgan fingerprint density at radius 2 is 1.64 bits per heavy atom. The summed E-state index contributed by atoms with van der Waals surface area (Å²) in [5.74, 6) is -0.292. The van der Waals surface area contributed by atoms with Gasteiger partial charge >= 0.3 is 0 Å². The second-order valence-electron chi connectivity index (χ2n) is 5.62. The highest BCUT2D eigenvalue weighted by Crippen LogP contribution is 2.55. The largest absolute Gasteiger partial charge is 0.329 e. The topological polar surface area (TPSA) is 86.2 Å². The van der Waals surface area contributed by atoms with Crippen molar-refractivity contribution in [2.45, 2.75) is 21.6 Å². The van der Waals surface area contributed by atoms with Crippen molar-refractivity contribution in [3.05, 3.63) is 65.2 Å². The molecule has 1 saturated carbocycles. The quantitative estimate of drug-likeness (QED) is 0.893. The number of nitrogens with two attached hydrogens (primary N) is 2. The summed E-state index contributed by atoms with van der Waals surface area (Å²) in [6.45, 7) is 0.115. The Morgan fingerprint density at radius 3 is 2.18 bits per heavy atom. The van der Waals surface area contributed by atoms with Gasteiger partial charge in [0.1, 0.15) is 0 Å². The number of hydrogen-bond donors (Lipinski definition) is 2. The van der Waals surface area contributed by atoms with Gasteiger partial charge in [-0.25, -0.2) is 8.42 Å². The fraction of sp³-hybridized carbons (Fsp3) is 0.250. The number of hydrogen-bond acceptors (Lipinski definition) is 4. The van der Waals surface area contributed by atoms with Gasteiger partial charge in [0.25, 0.3) is 0 Å². The van der Waals surface area contributed by atoms with Crippen LogP contribution in [0.2, 0.25) is 5.02 Å². The molecule has 3 atom stereocenters. The fourth-order valence-corrected chi connectivity index (χ4v) is 5.50. The molecule has 1 aliphatic rings. The maximum absolute atomic E-state index is 12.9. The highest BCUT2D eigenvalue weighted by Gasteiger charge is 2.68. The molecular weight excluding hydrogens is 320 g/mol. The molecule has 0 bridgehead atoms. The van der Waals surface area contributed by atoms with E-state index < -0.39 is 20.6 Å². The van der Waals surface area contributed by atoms with Crippen molar-refractivity contribution in [2.75, 3.05) is 6.54 Å². The van der Waals surface area contributed by atoms with Crippen LogP contribution in [0.25, 0.3) is 0 Å². The molecule has 4 N–H and O–H groups in total. The predicted molar refractivity (Wildman–Crippen MR) is 87.6 cm³/mol. The average molecular weight is 337 g/mol. The lowest BCUT2D eigenvalue weighted by Gasteiger charge is -2.09. The van der Waals surface area contributed by atoms with Gasteiger partial charge in [0.2, 0.25) is 0 Å². The molecule has 0 unspecified atom stereocenters. The summed E-state index contributed by atoms with van der Waals surface area (Å²) in [6, 6.07) is 15.6. The van der Waals surface area contributed by atoms with Gasteiger partial charge in [-0.1, -0.05) is 41.9 Å². The Bertz CT molecular complexity index is 778. The number of rotatable bonds is 4. The normalized spacial score (nSPS) is 27.6. The van der Waals surface area contributed by atoms with E-state index in [0.29, 0.717) is 5.02 Å². The summed E-state index contributed by atoms with van der Waals surface area (Å²) in [5, 5.41) is -0.222. The van der Waals surface area contributed by atoms with Crippen molar-refractivity contribution in [2.24, 2.45) is 11.5 Å². The van der Waals surface area contributed by atoms with E-state index in [2.05, 4.69) is 0 Å². The molecule has 116 valence electrons. The first kappa shape index (κ1) is 15.5. The average Bonchev–Trinajstić information content (AvgIpc) is 3.16. The first-order chi connectivity index (χ1) is 10.4. The molecule has 2 aromatic carbocycles. The van der Waals surface area contributed by atoms with Crippen LogP contribution >= 0.6 is 11.6 Å². The molecule has 0 spiro atoms. The standard InChI is InChI=1S/C16H17ClN2O2S/c17-12-6-8-13(9-7-12)22(20,21)15-14(16(15,19)10-18)11-4-2-1-3-5-11/h1-9,14-15H,10,18-19H2/t14-,15+,16-/m0/s1. The van der Waals surface area contributed by atoms with Crippen molar-refractivity contribution in [3.63, 3.8) is 0 Å². The van der Waals surface area contributed by atoms with Crippen molar-refractivity contribution in [1.29, 1.82) is 0 Å². The van der Waals surface area contributed by atoms with Crippen LogP contribution in [0.1, 0.15) is 11.5 Å². The van der Waals surface area contributed by atoms with E-state index in [9.17, 15) is 8.42 Å². The van der Waals surface area contributed by atoms with Crippen LogP contribution in [0, 0.1) is 0 Å². The Balaban J connectivity index is 2.01. The molecule has 4 nitrogen and oxygen atoms in total. The third-order valence-electron chi connectivity index (χ3n) is 4.29. The third-order valence-corrected chi connectivity index (χ3v) is 6.85. The highest BCUT2D eigenvalue weighted by atomic mass is 35.5. The minimum Gasteiger partial charge on any atom is -0.329 e. The lowest BCUT2D eigenvalue weighted by Crippen LogP contribution is -2.39. The summed E-state index contributed by atoms with van der Waals surface area (Å²) in [6.07, 6.45) is 0. The van der Waals surface area contributed by atoms with Crippen LogP contribution in [0.5, 0.6) is 0 Å². The molecule has 3 rings (SSSR count). The van der Waals surface area contributed by atoms with E-state index in [1.54, 1.807) is 12.1 Å². The molecule has 1 aliphatic carbocycles. The van der Waals surface area contributed by atoms with Crippen LogP contribution in [0.15, 0.2) is 59.5 Å². The summed E-state index contributed by atoms with van der Waals surface area (Å²) in [4.78, 5) is 0.226. The molecular formula is C16H17ClN2O2S. The van der Waals surface area contributed by atoms with Gasteiger partial charge in [-0.15, -0.1) is 0 Å². The maximum Gasteiger partial charge on any atom is 0.183 e. The lowest BCUT2D eigenvalue weighted by atomic mass is 10.1. The molecule has 0 aliphatic heterocycles. The van der Waals surface area contributed by atoms with Gasteiger partial charge in [-0.05, 0) is 29.8 Å². The van der Waals surface area contributed by atoms with Gasteiger partial charge in [0.15, 0.2) is 9.84 Å². The molecule has 2 aromatic rings. The minimum absolute atomic E-state index is 0.115. The SMILES string of the molecule is NC[C@@]1(N)[C@H](S(=O)(=O)c2ccc(Cl)cc2)[C@@H]1c1ccccc1. The van der Waals surface area contributed by atoms with E-state index in [1.165, 1.54) is 12.1 Å². The monoisotopic (exact) mass is 336 g/mol. The van der Waals surface area contributed by atoms with Crippen LogP contribution < -0.4 is 11.5 Å². The maximum atomic E-state index is 12.9. The summed E-state index contributed by atoms with van der Waals surface area (Å²) >= 11 is 5.83. The molecule has 22 heavy (non-hydrogen) atoms. The minimum atomic E-state index is -3.56. The Labute approximate surface area is 135 Å². The zero-order chi connectivity index (χ0) is 16.0. The van der Waals surface area contributed by atoms with Gasteiger partial charge in [-0.2, -0.15) is 0 Å². The van der Waals surface area contributed by atoms with Gasteiger partial charge in [0.05, 0.1) is 15.7 Å². The van der Waals surface area contributed by atoms with E-state index in [-0.39, 0.29) is 17.4 Å².